The average molecular weight is 390 g/mol. The van der Waals surface area contributed by atoms with E-state index in [1.807, 2.05) is 16.6 Å². The molecule has 0 unspecified atom stereocenters. The number of carbonyl (C=O) groups excluding carboxylic acids is 1. The van der Waals surface area contributed by atoms with Crippen molar-refractivity contribution >= 4 is 17.4 Å². The largest absolute Gasteiger partial charge is 0.355 e. The van der Waals surface area contributed by atoms with Crippen LogP contribution < -0.4 is 4.90 Å². The number of piperidine rings is 1. The third-order valence-corrected chi connectivity index (χ3v) is 6.14. The van der Waals surface area contributed by atoms with Crippen LogP contribution in [-0.4, -0.2) is 56.8 Å². The Balaban J connectivity index is 1.34. The van der Waals surface area contributed by atoms with Gasteiger partial charge in [-0.2, -0.15) is 4.52 Å². The molecule has 5 rings (SSSR count). The smallest absolute Gasteiger partial charge is 0.225 e. The average Bonchev–Trinajstić information content (AvgIpc) is 3.44. The summed E-state index contributed by atoms with van der Waals surface area (Å²) in [5.41, 5.74) is 2.95. The summed E-state index contributed by atoms with van der Waals surface area (Å²) in [5.74, 6) is 2.18. The number of anilines is 1. The van der Waals surface area contributed by atoms with E-state index in [-0.39, 0.29) is 5.92 Å². The van der Waals surface area contributed by atoms with Gasteiger partial charge in [0.2, 0.25) is 5.91 Å². The van der Waals surface area contributed by atoms with E-state index in [0.717, 1.165) is 74.7 Å². The van der Waals surface area contributed by atoms with Gasteiger partial charge >= 0.3 is 0 Å². The summed E-state index contributed by atoms with van der Waals surface area (Å²) < 4.78 is 1.82. The Morgan fingerprint density at radius 1 is 0.931 bits per heavy atom. The minimum absolute atomic E-state index is 0.158. The summed E-state index contributed by atoms with van der Waals surface area (Å²) in [6, 6.07) is 12.2. The topological polar surface area (TPSA) is 66.6 Å². The minimum atomic E-state index is 0.158. The van der Waals surface area contributed by atoms with E-state index in [4.69, 9.17) is 5.10 Å². The van der Waals surface area contributed by atoms with Gasteiger partial charge < -0.3 is 9.80 Å². The van der Waals surface area contributed by atoms with Crippen molar-refractivity contribution in [3.8, 4) is 11.4 Å². The monoisotopic (exact) mass is 390 g/mol. The van der Waals surface area contributed by atoms with Crippen molar-refractivity contribution in [3.05, 3.63) is 42.0 Å². The summed E-state index contributed by atoms with van der Waals surface area (Å²) in [7, 11) is 0. The van der Waals surface area contributed by atoms with E-state index in [1.54, 1.807) is 0 Å². The van der Waals surface area contributed by atoms with Gasteiger partial charge in [0.15, 0.2) is 11.5 Å². The highest BCUT2D eigenvalue weighted by molar-refractivity contribution is 5.79. The van der Waals surface area contributed by atoms with Crippen molar-refractivity contribution in [2.75, 3.05) is 31.1 Å². The van der Waals surface area contributed by atoms with Crippen molar-refractivity contribution in [1.29, 1.82) is 0 Å². The van der Waals surface area contributed by atoms with Crippen LogP contribution in [0.15, 0.2) is 36.4 Å². The van der Waals surface area contributed by atoms with Crippen molar-refractivity contribution in [2.45, 2.75) is 32.6 Å². The second-order valence-electron chi connectivity index (χ2n) is 8.14. The Labute approximate surface area is 170 Å². The number of nitrogens with zero attached hydrogens (tertiary/aromatic N) is 6. The highest BCUT2D eigenvalue weighted by Gasteiger charge is 2.30. The Bertz CT molecular complexity index is 1010. The molecule has 2 fully saturated rings. The van der Waals surface area contributed by atoms with Gasteiger partial charge in [-0.25, -0.2) is 0 Å². The predicted octanol–water partition coefficient (Wildman–Crippen LogP) is 2.94. The van der Waals surface area contributed by atoms with Gasteiger partial charge in [-0.15, -0.1) is 15.3 Å². The maximum absolute atomic E-state index is 12.7. The number of fused-ring (bicyclic) bond motifs is 1. The molecule has 0 radical (unpaired) electrons. The molecule has 2 saturated heterocycles. The van der Waals surface area contributed by atoms with Crippen LogP contribution in [0.3, 0.4) is 0 Å². The number of amides is 1. The standard InChI is InChI=1S/C22H26N6O/c1-16-4-6-17(7-5-16)21-24-23-19-8-9-20(25-28(19)21)26-14-10-18(11-15-26)22(29)27-12-2-3-13-27/h4-9,18H,2-3,10-15H2,1H3. The highest BCUT2D eigenvalue weighted by Crippen LogP contribution is 2.26. The highest BCUT2D eigenvalue weighted by atomic mass is 16.2. The van der Waals surface area contributed by atoms with Crippen LogP contribution in [0.5, 0.6) is 0 Å². The fourth-order valence-corrected chi connectivity index (χ4v) is 4.38. The molecule has 7 heteroatoms. The summed E-state index contributed by atoms with van der Waals surface area (Å²) in [4.78, 5) is 17.0. The lowest BCUT2D eigenvalue weighted by molar-refractivity contribution is -0.135. The molecule has 0 saturated carbocycles. The zero-order valence-corrected chi connectivity index (χ0v) is 16.8. The number of carbonyl (C=O) groups is 1. The first kappa shape index (κ1) is 18.1. The summed E-state index contributed by atoms with van der Waals surface area (Å²) in [6.45, 7) is 5.65. The summed E-state index contributed by atoms with van der Waals surface area (Å²) >= 11 is 0. The van der Waals surface area contributed by atoms with Crippen molar-refractivity contribution in [2.24, 2.45) is 5.92 Å². The van der Waals surface area contributed by atoms with Crippen molar-refractivity contribution in [1.82, 2.24) is 24.7 Å². The molecule has 3 aromatic rings. The van der Waals surface area contributed by atoms with E-state index in [1.165, 1.54) is 5.56 Å². The molecule has 0 atom stereocenters. The molecule has 0 bridgehead atoms. The van der Waals surface area contributed by atoms with E-state index >= 15 is 0 Å². The molecule has 0 spiro atoms. The van der Waals surface area contributed by atoms with Gasteiger partial charge in [-0.05, 0) is 44.7 Å². The summed E-state index contributed by atoms with van der Waals surface area (Å²) in [6.07, 6.45) is 4.08. The Morgan fingerprint density at radius 3 is 2.38 bits per heavy atom. The molecule has 7 nitrogen and oxygen atoms in total. The number of hydrogen-bond acceptors (Lipinski definition) is 5. The third kappa shape index (κ3) is 3.45. The van der Waals surface area contributed by atoms with Gasteiger partial charge in [0.1, 0.15) is 5.82 Å². The number of hydrogen-bond donors (Lipinski definition) is 0. The van der Waals surface area contributed by atoms with Crippen LogP contribution in [-0.2, 0) is 4.79 Å². The lowest BCUT2D eigenvalue weighted by Gasteiger charge is -2.33. The number of benzene rings is 1. The quantitative estimate of drug-likeness (QED) is 0.688. The SMILES string of the molecule is Cc1ccc(-c2nnc3ccc(N4CCC(C(=O)N5CCCC5)CC4)nn23)cc1. The van der Waals surface area contributed by atoms with Crippen LogP contribution in [0.2, 0.25) is 0 Å². The lowest BCUT2D eigenvalue weighted by atomic mass is 9.95. The second kappa shape index (κ2) is 7.46. The van der Waals surface area contributed by atoms with E-state index in [9.17, 15) is 4.79 Å². The molecule has 0 aliphatic carbocycles. The fraction of sp³-hybridized carbons (Fsp3) is 0.455. The van der Waals surface area contributed by atoms with Crippen LogP contribution in [0, 0.1) is 12.8 Å². The van der Waals surface area contributed by atoms with Crippen LogP contribution >= 0.6 is 0 Å². The molecule has 0 N–H and O–H groups in total. The number of rotatable bonds is 3. The van der Waals surface area contributed by atoms with Crippen molar-refractivity contribution in [3.63, 3.8) is 0 Å². The first-order valence-electron chi connectivity index (χ1n) is 10.5. The maximum atomic E-state index is 12.7. The molecule has 4 heterocycles. The molecule has 150 valence electrons. The number of likely N-dealkylation sites (tertiary alicyclic amines) is 1. The molecular weight excluding hydrogens is 364 g/mol. The van der Waals surface area contributed by atoms with E-state index in [2.05, 4.69) is 51.2 Å². The fourth-order valence-electron chi connectivity index (χ4n) is 4.38. The number of aromatic nitrogens is 4. The van der Waals surface area contributed by atoms with Gasteiger partial charge in [0.25, 0.3) is 0 Å². The Kier molecular flexibility index (Phi) is 4.66. The van der Waals surface area contributed by atoms with Gasteiger partial charge in [0.05, 0.1) is 0 Å². The first-order valence-corrected chi connectivity index (χ1v) is 10.5. The van der Waals surface area contributed by atoms with Gasteiger partial charge in [0, 0.05) is 37.7 Å². The molecule has 2 aliphatic rings. The van der Waals surface area contributed by atoms with Crippen molar-refractivity contribution < 1.29 is 4.79 Å². The molecule has 1 aromatic carbocycles. The molecular formula is C22H26N6O. The molecule has 2 aromatic heterocycles. The lowest BCUT2D eigenvalue weighted by Crippen LogP contribution is -2.42. The van der Waals surface area contributed by atoms with Gasteiger partial charge in [-0.1, -0.05) is 29.8 Å². The molecule has 2 aliphatic heterocycles. The van der Waals surface area contributed by atoms with Gasteiger partial charge in [-0.3, -0.25) is 4.79 Å². The predicted molar refractivity (Wildman–Crippen MR) is 112 cm³/mol. The first-order chi connectivity index (χ1) is 14.2. The minimum Gasteiger partial charge on any atom is -0.355 e. The van der Waals surface area contributed by atoms with Crippen LogP contribution in [0.4, 0.5) is 5.82 Å². The van der Waals surface area contributed by atoms with Crippen LogP contribution in [0.25, 0.3) is 17.0 Å². The zero-order chi connectivity index (χ0) is 19.8. The Morgan fingerprint density at radius 2 is 1.66 bits per heavy atom. The van der Waals surface area contributed by atoms with Crippen LogP contribution in [0.1, 0.15) is 31.2 Å². The molecule has 29 heavy (non-hydrogen) atoms. The second-order valence-corrected chi connectivity index (χ2v) is 8.14. The Hall–Kier alpha value is -2.96. The van der Waals surface area contributed by atoms with E-state index < -0.39 is 0 Å². The maximum Gasteiger partial charge on any atom is 0.225 e. The third-order valence-electron chi connectivity index (χ3n) is 6.14. The normalized spacial score (nSPS) is 18.0. The summed E-state index contributed by atoms with van der Waals surface area (Å²) in [5, 5.41) is 13.4. The van der Waals surface area contributed by atoms with E-state index in [0.29, 0.717) is 5.91 Å². The molecule has 1 amide bonds. The zero-order valence-electron chi connectivity index (χ0n) is 16.8. The number of aryl methyl sites for hydroxylation is 1.